The largest absolute Gasteiger partial charge is 0.494 e. The number of rotatable bonds is 3. The van der Waals surface area contributed by atoms with Crippen molar-refractivity contribution in [1.82, 2.24) is 5.32 Å². The molecule has 80 valence electrons. The minimum atomic E-state index is -0.425. The molecule has 14 heavy (non-hydrogen) atoms. The van der Waals surface area contributed by atoms with Gasteiger partial charge in [-0.25, -0.2) is 0 Å². The van der Waals surface area contributed by atoms with E-state index in [1.54, 1.807) is 0 Å². The first kappa shape index (κ1) is 10.8. The van der Waals surface area contributed by atoms with Crippen LogP contribution in [0.5, 0.6) is 0 Å². The predicted molar refractivity (Wildman–Crippen MR) is 51.3 cm³/mol. The zero-order chi connectivity index (χ0) is 10.6. The second-order valence-electron chi connectivity index (χ2n) is 3.87. The van der Waals surface area contributed by atoms with Crippen molar-refractivity contribution in [2.24, 2.45) is 5.73 Å². The fourth-order valence-electron chi connectivity index (χ4n) is 0.883. The van der Waals surface area contributed by atoms with Crippen LogP contribution in [0.4, 0.5) is 0 Å². The standard InChI is InChI=1S/C9H16N2O3/c1-9(2,10)6-11-8(12)7-5-13-3-4-14-7/h5H,3-4,6,10H2,1-2H3,(H,11,12). The molecule has 0 aromatic rings. The van der Waals surface area contributed by atoms with Gasteiger partial charge in [-0.05, 0) is 13.8 Å². The lowest BCUT2D eigenvalue weighted by Gasteiger charge is -2.20. The molecular weight excluding hydrogens is 184 g/mol. The summed E-state index contributed by atoms with van der Waals surface area (Å²) in [5.41, 5.74) is 5.28. The third-order valence-electron chi connectivity index (χ3n) is 1.58. The van der Waals surface area contributed by atoms with E-state index in [2.05, 4.69) is 5.32 Å². The van der Waals surface area contributed by atoms with Crippen LogP contribution in [0.25, 0.3) is 0 Å². The fraction of sp³-hybridized carbons (Fsp3) is 0.667. The highest BCUT2D eigenvalue weighted by Gasteiger charge is 2.17. The third kappa shape index (κ3) is 3.66. The van der Waals surface area contributed by atoms with Crippen molar-refractivity contribution in [2.45, 2.75) is 19.4 Å². The van der Waals surface area contributed by atoms with Gasteiger partial charge in [-0.15, -0.1) is 0 Å². The van der Waals surface area contributed by atoms with Gasteiger partial charge in [0.05, 0.1) is 0 Å². The van der Waals surface area contributed by atoms with Gasteiger partial charge in [0.25, 0.3) is 5.91 Å². The molecule has 1 rings (SSSR count). The number of carbonyl (C=O) groups is 1. The zero-order valence-corrected chi connectivity index (χ0v) is 8.50. The Morgan fingerprint density at radius 3 is 2.86 bits per heavy atom. The third-order valence-corrected chi connectivity index (χ3v) is 1.58. The van der Waals surface area contributed by atoms with Crippen LogP contribution in [-0.4, -0.2) is 31.2 Å². The molecule has 0 fully saturated rings. The first-order valence-corrected chi connectivity index (χ1v) is 4.51. The molecule has 0 saturated heterocycles. The normalized spacial score (nSPS) is 16.4. The lowest BCUT2D eigenvalue weighted by molar-refractivity contribution is -0.122. The molecule has 0 aromatic carbocycles. The molecule has 0 saturated carbocycles. The van der Waals surface area contributed by atoms with E-state index in [4.69, 9.17) is 15.2 Å². The van der Waals surface area contributed by atoms with Crippen molar-refractivity contribution >= 4 is 5.91 Å². The molecular formula is C9H16N2O3. The summed E-state index contributed by atoms with van der Waals surface area (Å²) in [4.78, 5) is 11.4. The van der Waals surface area contributed by atoms with E-state index in [9.17, 15) is 4.79 Å². The van der Waals surface area contributed by atoms with Crippen molar-refractivity contribution in [1.29, 1.82) is 0 Å². The summed E-state index contributed by atoms with van der Waals surface area (Å²) in [6.45, 7) is 4.96. The number of nitrogens with two attached hydrogens (primary N) is 1. The Morgan fingerprint density at radius 2 is 2.36 bits per heavy atom. The molecule has 0 unspecified atom stereocenters. The van der Waals surface area contributed by atoms with Gasteiger partial charge in [0.15, 0.2) is 0 Å². The molecule has 0 aliphatic carbocycles. The molecule has 5 nitrogen and oxygen atoms in total. The van der Waals surface area contributed by atoms with E-state index in [0.29, 0.717) is 19.8 Å². The van der Waals surface area contributed by atoms with Crippen LogP contribution in [-0.2, 0) is 14.3 Å². The number of carbonyl (C=O) groups excluding carboxylic acids is 1. The Morgan fingerprint density at radius 1 is 1.64 bits per heavy atom. The number of ether oxygens (including phenoxy) is 2. The van der Waals surface area contributed by atoms with Gasteiger partial charge in [0, 0.05) is 12.1 Å². The van der Waals surface area contributed by atoms with Gasteiger partial charge < -0.3 is 20.5 Å². The molecule has 1 heterocycles. The highest BCUT2D eigenvalue weighted by Crippen LogP contribution is 2.04. The lowest BCUT2D eigenvalue weighted by atomic mass is 10.1. The van der Waals surface area contributed by atoms with Crippen molar-refractivity contribution in [3.05, 3.63) is 12.0 Å². The maximum Gasteiger partial charge on any atom is 0.289 e. The first-order chi connectivity index (χ1) is 6.49. The number of amides is 1. The highest BCUT2D eigenvalue weighted by molar-refractivity contribution is 5.91. The van der Waals surface area contributed by atoms with Crippen LogP contribution in [0.1, 0.15) is 13.8 Å². The average Bonchev–Trinajstić information content (AvgIpc) is 2.14. The summed E-state index contributed by atoms with van der Waals surface area (Å²) in [5.74, 6) is -0.0799. The smallest absolute Gasteiger partial charge is 0.289 e. The van der Waals surface area contributed by atoms with Gasteiger partial charge in [-0.1, -0.05) is 0 Å². The molecule has 0 spiro atoms. The molecule has 1 aliphatic heterocycles. The molecule has 0 aromatic heterocycles. The SMILES string of the molecule is CC(C)(N)CNC(=O)C1=COCCO1. The Balaban J connectivity index is 2.38. The molecule has 5 heteroatoms. The minimum absolute atomic E-state index is 0.209. The van der Waals surface area contributed by atoms with E-state index >= 15 is 0 Å². The van der Waals surface area contributed by atoms with Gasteiger partial charge in [-0.2, -0.15) is 0 Å². The van der Waals surface area contributed by atoms with E-state index in [0.717, 1.165) is 0 Å². The van der Waals surface area contributed by atoms with Crippen LogP contribution in [0.15, 0.2) is 12.0 Å². The van der Waals surface area contributed by atoms with Crippen LogP contribution in [0.3, 0.4) is 0 Å². The van der Waals surface area contributed by atoms with Crippen LogP contribution >= 0.6 is 0 Å². The van der Waals surface area contributed by atoms with Crippen molar-refractivity contribution in [3.8, 4) is 0 Å². The molecule has 0 radical (unpaired) electrons. The minimum Gasteiger partial charge on any atom is -0.494 e. The molecule has 0 atom stereocenters. The topological polar surface area (TPSA) is 73.6 Å². The Kier molecular flexibility index (Phi) is 3.35. The number of hydrogen-bond acceptors (Lipinski definition) is 4. The summed E-state index contributed by atoms with van der Waals surface area (Å²) in [5, 5.41) is 2.66. The highest BCUT2D eigenvalue weighted by atomic mass is 16.6. The van der Waals surface area contributed by atoms with Crippen LogP contribution in [0.2, 0.25) is 0 Å². The fourth-order valence-corrected chi connectivity index (χ4v) is 0.883. The Bertz CT molecular complexity index is 243. The second-order valence-corrected chi connectivity index (χ2v) is 3.87. The Hall–Kier alpha value is -1.23. The van der Waals surface area contributed by atoms with Crippen molar-refractivity contribution < 1.29 is 14.3 Å². The molecule has 1 amide bonds. The van der Waals surface area contributed by atoms with Gasteiger partial charge >= 0.3 is 0 Å². The zero-order valence-electron chi connectivity index (χ0n) is 8.50. The van der Waals surface area contributed by atoms with Crippen molar-refractivity contribution in [3.63, 3.8) is 0 Å². The Labute approximate surface area is 83.2 Å². The average molecular weight is 200 g/mol. The van der Waals surface area contributed by atoms with E-state index in [-0.39, 0.29) is 11.7 Å². The summed E-state index contributed by atoms with van der Waals surface area (Å²) in [6, 6.07) is 0. The predicted octanol–water partition coefficient (Wildman–Crippen LogP) is -0.272. The van der Waals surface area contributed by atoms with Gasteiger partial charge in [-0.3, -0.25) is 4.79 Å². The van der Waals surface area contributed by atoms with Crippen molar-refractivity contribution in [2.75, 3.05) is 19.8 Å². The first-order valence-electron chi connectivity index (χ1n) is 4.51. The van der Waals surface area contributed by atoms with Gasteiger partial charge in [0.1, 0.15) is 19.5 Å². The lowest BCUT2D eigenvalue weighted by Crippen LogP contribution is -2.45. The van der Waals surface area contributed by atoms with E-state index in [1.807, 2.05) is 13.8 Å². The molecule has 1 aliphatic rings. The quantitative estimate of drug-likeness (QED) is 0.657. The van der Waals surface area contributed by atoms with Crippen LogP contribution < -0.4 is 11.1 Å². The maximum absolute atomic E-state index is 11.4. The van der Waals surface area contributed by atoms with Crippen LogP contribution in [0, 0.1) is 0 Å². The molecule has 0 bridgehead atoms. The van der Waals surface area contributed by atoms with E-state index in [1.165, 1.54) is 6.26 Å². The maximum atomic E-state index is 11.4. The number of nitrogens with one attached hydrogen (secondary N) is 1. The second kappa shape index (κ2) is 4.32. The number of hydrogen-bond donors (Lipinski definition) is 2. The van der Waals surface area contributed by atoms with E-state index < -0.39 is 5.54 Å². The summed E-state index contributed by atoms with van der Waals surface area (Å²) < 4.78 is 10.0. The monoisotopic (exact) mass is 200 g/mol. The molecule has 3 N–H and O–H groups in total. The summed E-state index contributed by atoms with van der Waals surface area (Å²) in [6.07, 6.45) is 1.32. The van der Waals surface area contributed by atoms with Gasteiger partial charge in [0.2, 0.25) is 5.76 Å². The summed E-state index contributed by atoms with van der Waals surface area (Å²) >= 11 is 0. The summed E-state index contributed by atoms with van der Waals surface area (Å²) in [7, 11) is 0.